The van der Waals surface area contributed by atoms with Gasteiger partial charge in [-0.3, -0.25) is 4.90 Å². The molecule has 1 heterocycles. The molecule has 0 atom stereocenters. The topological polar surface area (TPSA) is 53.6 Å². The first-order valence-corrected chi connectivity index (χ1v) is 9.58. The van der Waals surface area contributed by atoms with Gasteiger partial charge >= 0.3 is 6.03 Å². The summed E-state index contributed by atoms with van der Waals surface area (Å²) >= 11 is 3.48. The number of anilines is 1. The lowest BCUT2D eigenvalue weighted by Gasteiger charge is -2.26. The van der Waals surface area contributed by atoms with E-state index >= 15 is 0 Å². The number of halogens is 1. The molecule has 0 unspecified atom stereocenters. The van der Waals surface area contributed by atoms with Crippen LogP contribution in [-0.2, 0) is 17.8 Å². The van der Waals surface area contributed by atoms with Gasteiger partial charge in [-0.05, 0) is 35.7 Å². The quantitative estimate of drug-likeness (QED) is 0.774. The Balaban J connectivity index is 1.51. The third-order valence-electron chi connectivity index (χ3n) is 4.38. The van der Waals surface area contributed by atoms with Crippen molar-refractivity contribution in [3.05, 3.63) is 63.6 Å². The highest BCUT2D eigenvalue weighted by Gasteiger charge is 2.11. The highest BCUT2D eigenvalue weighted by Crippen LogP contribution is 2.20. The molecule has 0 bridgehead atoms. The van der Waals surface area contributed by atoms with Crippen LogP contribution in [0.2, 0.25) is 0 Å². The first-order valence-electron chi connectivity index (χ1n) is 8.79. The van der Waals surface area contributed by atoms with Gasteiger partial charge in [0.25, 0.3) is 0 Å². The first kappa shape index (κ1) is 18.9. The highest BCUT2D eigenvalue weighted by atomic mass is 79.9. The molecule has 0 aliphatic carbocycles. The van der Waals surface area contributed by atoms with Gasteiger partial charge in [-0.2, -0.15) is 0 Å². The lowest BCUT2D eigenvalue weighted by atomic mass is 10.1. The summed E-state index contributed by atoms with van der Waals surface area (Å²) in [6, 6.07) is 13.9. The number of urea groups is 1. The number of hydrogen-bond acceptors (Lipinski definition) is 3. The molecular formula is C20H24BrN3O2. The number of benzene rings is 2. The van der Waals surface area contributed by atoms with E-state index in [1.807, 2.05) is 37.3 Å². The number of hydrogen-bond donors (Lipinski definition) is 2. The summed E-state index contributed by atoms with van der Waals surface area (Å²) in [5, 5.41) is 5.77. The number of nitrogens with one attached hydrogen (secondary N) is 2. The Morgan fingerprint density at radius 1 is 1.15 bits per heavy atom. The normalized spacial score (nSPS) is 14.8. The molecule has 1 saturated heterocycles. The zero-order valence-corrected chi connectivity index (χ0v) is 16.5. The van der Waals surface area contributed by atoms with Crippen molar-refractivity contribution in [3.63, 3.8) is 0 Å². The SMILES string of the molecule is Cc1ccc(NC(=O)NCc2cccc(CN3CCOCC3)c2)cc1Br. The molecule has 0 saturated carbocycles. The zero-order valence-electron chi connectivity index (χ0n) is 14.9. The van der Waals surface area contributed by atoms with Crippen LogP contribution in [0.15, 0.2) is 46.9 Å². The number of nitrogens with zero attached hydrogens (tertiary/aromatic N) is 1. The molecule has 0 aromatic heterocycles. The second-order valence-electron chi connectivity index (χ2n) is 6.48. The minimum atomic E-state index is -0.209. The Hall–Kier alpha value is -1.89. The van der Waals surface area contributed by atoms with Gasteiger partial charge in [-0.25, -0.2) is 4.79 Å². The Morgan fingerprint density at radius 3 is 2.69 bits per heavy atom. The molecule has 2 N–H and O–H groups in total. The van der Waals surface area contributed by atoms with E-state index in [1.165, 1.54) is 5.56 Å². The summed E-state index contributed by atoms with van der Waals surface area (Å²) in [5.74, 6) is 0. The molecular weight excluding hydrogens is 394 g/mol. The molecule has 3 rings (SSSR count). The summed E-state index contributed by atoms with van der Waals surface area (Å²) < 4.78 is 6.37. The van der Waals surface area contributed by atoms with E-state index in [1.54, 1.807) is 0 Å². The molecule has 6 heteroatoms. The molecule has 1 aliphatic rings. The van der Waals surface area contributed by atoms with Crippen molar-refractivity contribution in [2.24, 2.45) is 0 Å². The molecule has 1 aliphatic heterocycles. The maximum atomic E-state index is 12.1. The fourth-order valence-electron chi connectivity index (χ4n) is 2.88. The number of morpholine rings is 1. The third-order valence-corrected chi connectivity index (χ3v) is 5.24. The van der Waals surface area contributed by atoms with Crippen molar-refractivity contribution in [1.82, 2.24) is 10.2 Å². The van der Waals surface area contributed by atoms with Crippen molar-refractivity contribution in [2.75, 3.05) is 31.6 Å². The molecule has 2 aromatic carbocycles. The smallest absolute Gasteiger partial charge is 0.319 e. The molecule has 2 amide bonds. The number of ether oxygens (including phenoxy) is 1. The molecule has 5 nitrogen and oxygen atoms in total. The Labute approximate surface area is 162 Å². The van der Waals surface area contributed by atoms with Gasteiger partial charge in [0.15, 0.2) is 0 Å². The average Bonchev–Trinajstić information content (AvgIpc) is 2.64. The number of amides is 2. The van der Waals surface area contributed by atoms with Gasteiger partial charge in [-0.1, -0.05) is 46.3 Å². The summed E-state index contributed by atoms with van der Waals surface area (Å²) in [7, 11) is 0. The van der Waals surface area contributed by atoms with Crippen molar-refractivity contribution in [2.45, 2.75) is 20.0 Å². The molecule has 0 radical (unpaired) electrons. The standard InChI is InChI=1S/C20H24BrN3O2/c1-15-5-6-18(12-19(15)21)23-20(25)22-13-16-3-2-4-17(11-16)14-24-7-9-26-10-8-24/h2-6,11-12H,7-10,13-14H2,1H3,(H2,22,23,25). The maximum absolute atomic E-state index is 12.1. The molecule has 1 fully saturated rings. The van der Waals surface area contributed by atoms with Gasteiger partial charge in [-0.15, -0.1) is 0 Å². The minimum absolute atomic E-state index is 0.209. The van der Waals surface area contributed by atoms with Crippen molar-refractivity contribution >= 4 is 27.6 Å². The maximum Gasteiger partial charge on any atom is 0.319 e. The predicted molar refractivity (Wildman–Crippen MR) is 107 cm³/mol. The second kappa shape index (κ2) is 9.16. The van der Waals surface area contributed by atoms with Crippen LogP contribution in [0, 0.1) is 6.92 Å². The van der Waals surface area contributed by atoms with Gasteiger partial charge in [0, 0.05) is 36.3 Å². The number of rotatable bonds is 5. The van der Waals surface area contributed by atoms with Crippen molar-refractivity contribution < 1.29 is 9.53 Å². The van der Waals surface area contributed by atoms with Crippen LogP contribution >= 0.6 is 15.9 Å². The van der Waals surface area contributed by atoms with E-state index in [-0.39, 0.29) is 6.03 Å². The van der Waals surface area contributed by atoms with Gasteiger partial charge in [0.05, 0.1) is 13.2 Å². The monoisotopic (exact) mass is 417 g/mol. The van der Waals surface area contributed by atoms with Crippen molar-refractivity contribution in [1.29, 1.82) is 0 Å². The second-order valence-corrected chi connectivity index (χ2v) is 7.33. The first-order chi connectivity index (χ1) is 12.6. The summed E-state index contributed by atoms with van der Waals surface area (Å²) in [4.78, 5) is 14.5. The fourth-order valence-corrected chi connectivity index (χ4v) is 3.26. The summed E-state index contributed by atoms with van der Waals surface area (Å²) in [6.45, 7) is 6.97. The van der Waals surface area contributed by atoms with E-state index in [0.29, 0.717) is 6.54 Å². The van der Waals surface area contributed by atoms with E-state index in [0.717, 1.165) is 54.1 Å². The van der Waals surface area contributed by atoms with Crippen LogP contribution < -0.4 is 10.6 Å². The summed E-state index contributed by atoms with van der Waals surface area (Å²) in [5.41, 5.74) is 4.25. The Morgan fingerprint density at radius 2 is 1.92 bits per heavy atom. The number of carbonyl (C=O) groups excluding carboxylic acids is 1. The molecule has 138 valence electrons. The Bertz CT molecular complexity index is 760. The molecule has 0 spiro atoms. The number of carbonyl (C=O) groups is 1. The minimum Gasteiger partial charge on any atom is -0.379 e. The van der Waals surface area contributed by atoms with E-state index < -0.39 is 0 Å². The van der Waals surface area contributed by atoms with Gasteiger partial charge in [0.2, 0.25) is 0 Å². The van der Waals surface area contributed by atoms with Crippen LogP contribution in [0.3, 0.4) is 0 Å². The van der Waals surface area contributed by atoms with Crippen LogP contribution in [0.1, 0.15) is 16.7 Å². The van der Waals surface area contributed by atoms with Crippen molar-refractivity contribution in [3.8, 4) is 0 Å². The summed E-state index contributed by atoms with van der Waals surface area (Å²) in [6.07, 6.45) is 0. The van der Waals surface area contributed by atoms with E-state index in [9.17, 15) is 4.79 Å². The molecule has 2 aromatic rings. The fraction of sp³-hybridized carbons (Fsp3) is 0.350. The van der Waals surface area contributed by atoms with Gasteiger partial charge in [0.1, 0.15) is 0 Å². The van der Waals surface area contributed by atoms with Crippen LogP contribution in [0.5, 0.6) is 0 Å². The average molecular weight is 418 g/mol. The van der Waals surface area contributed by atoms with E-state index in [2.05, 4.69) is 43.6 Å². The van der Waals surface area contributed by atoms with Crippen LogP contribution in [-0.4, -0.2) is 37.2 Å². The third kappa shape index (κ3) is 5.56. The zero-order chi connectivity index (χ0) is 18.4. The largest absolute Gasteiger partial charge is 0.379 e. The van der Waals surface area contributed by atoms with Crippen LogP contribution in [0.25, 0.3) is 0 Å². The lowest BCUT2D eigenvalue weighted by Crippen LogP contribution is -2.35. The molecule has 26 heavy (non-hydrogen) atoms. The lowest BCUT2D eigenvalue weighted by molar-refractivity contribution is 0.0342. The Kier molecular flexibility index (Phi) is 6.66. The number of aryl methyl sites for hydroxylation is 1. The highest BCUT2D eigenvalue weighted by molar-refractivity contribution is 9.10. The van der Waals surface area contributed by atoms with Crippen LogP contribution in [0.4, 0.5) is 10.5 Å². The van der Waals surface area contributed by atoms with Gasteiger partial charge < -0.3 is 15.4 Å². The predicted octanol–water partition coefficient (Wildman–Crippen LogP) is 3.91. The van der Waals surface area contributed by atoms with E-state index in [4.69, 9.17) is 4.74 Å².